The third-order valence-electron chi connectivity index (χ3n) is 3.23. The fraction of sp³-hybridized carbons (Fsp3) is 0.750. The third kappa shape index (κ3) is 2.81. The molecule has 1 aliphatic rings. The van der Waals surface area contributed by atoms with Crippen LogP contribution in [0.15, 0.2) is 0 Å². The van der Waals surface area contributed by atoms with E-state index >= 15 is 0 Å². The molecule has 1 atom stereocenters. The van der Waals surface area contributed by atoms with Gasteiger partial charge in [-0.2, -0.15) is 0 Å². The zero-order chi connectivity index (χ0) is 11.5. The van der Waals surface area contributed by atoms with Gasteiger partial charge in [-0.3, -0.25) is 4.90 Å². The average Bonchev–Trinajstić information content (AvgIpc) is 2.76. The summed E-state index contributed by atoms with van der Waals surface area (Å²) in [7, 11) is 2.04. The number of aryl methyl sites for hydroxylation is 2. The minimum Gasteiger partial charge on any atom is -0.319 e. The van der Waals surface area contributed by atoms with Crippen molar-refractivity contribution in [3.63, 3.8) is 0 Å². The van der Waals surface area contributed by atoms with Crippen LogP contribution in [0.3, 0.4) is 0 Å². The molecule has 0 aromatic carbocycles. The van der Waals surface area contributed by atoms with Crippen LogP contribution >= 0.6 is 11.3 Å². The molecule has 0 aliphatic carbocycles. The Hall–Kier alpha value is -0.450. The van der Waals surface area contributed by atoms with Gasteiger partial charge in [-0.25, -0.2) is 4.98 Å². The fourth-order valence-corrected chi connectivity index (χ4v) is 3.41. The van der Waals surface area contributed by atoms with Gasteiger partial charge < -0.3 is 5.32 Å². The van der Waals surface area contributed by atoms with Crippen molar-refractivity contribution in [3.05, 3.63) is 15.6 Å². The van der Waals surface area contributed by atoms with Crippen molar-refractivity contribution >= 4 is 11.3 Å². The second kappa shape index (κ2) is 5.25. The number of likely N-dealkylation sites (tertiary alicyclic amines) is 1. The molecule has 0 radical (unpaired) electrons. The van der Waals surface area contributed by atoms with Gasteiger partial charge in [-0.1, -0.05) is 0 Å². The molecule has 16 heavy (non-hydrogen) atoms. The van der Waals surface area contributed by atoms with Crippen molar-refractivity contribution in [2.45, 2.75) is 26.8 Å². The summed E-state index contributed by atoms with van der Waals surface area (Å²) < 4.78 is 0. The van der Waals surface area contributed by atoms with Crippen LogP contribution in [-0.4, -0.2) is 36.6 Å². The van der Waals surface area contributed by atoms with E-state index in [2.05, 4.69) is 29.0 Å². The SMILES string of the molecule is CNCC1CCN(Cc2sc(C)nc2C)C1. The molecular formula is C12H21N3S. The maximum atomic E-state index is 4.49. The fourth-order valence-electron chi connectivity index (χ4n) is 2.44. The molecule has 1 aromatic heterocycles. The summed E-state index contributed by atoms with van der Waals surface area (Å²) in [5, 5.41) is 4.47. The summed E-state index contributed by atoms with van der Waals surface area (Å²) >= 11 is 1.85. The van der Waals surface area contributed by atoms with Crippen molar-refractivity contribution in [2.24, 2.45) is 5.92 Å². The van der Waals surface area contributed by atoms with Crippen molar-refractivity contribution in [1.82, 2.24) is 15.2 Å². The molecule has 90 valence electrons. The van der Waals surface area contributed by atoms with Gasteiger partial charge in [-0.15, -0.1) is 11.3 Å². The van der Waals surface area contributed by atoms with Crippen molar-refractivity contribution in [1.29, 1.82) is 0 Å². The highest BCUT2D eigenvalue weighted by atomic mass is 32.1. The van der Waals surface area contributed by atoms with Crippen LogP contribution in [0.5, 0.6) is 0 Å². The number of nitrogens with one attached hydrogen (secondary N) is 1. The molecule has 2 heterocycles. The maximum absolute atomic E-state index is 4.49. The number of aromatic nitrogens is 1. The maximum Gasteiger partial charge on any atom is 0.0900 e. The molecule has 1 unspecified atom stereocenters. The Kier molecular flexibility index (Phi) is 3.95. The summed E-state index contributed by atoms with van der Waals surface area (Å²) in [5.74, 6) is 0.833. The molecule has 4 heteroatoms. The Morgan fingerprint density at radius 3 is 2.94 bits per heavy atom. The molecule has 0 bridgehead atoms. The smallest absolute Gasteiger partial charge is 0.0900 e. The Morgan fingerprint density at radius 1 is 1.50 bits per heavy atom. The second-order valence-corrected chi connectivity index (χ2v) is 5.98. The highest BCUT2D eigenvalue weighted by molar-refractivity contribution is 7.11. The van der Waals surface area contributed by atoms with Gasteiger partial charge >= 0.3 is 0 Å². The van der Waals surface area contributed by atoms with Crippen LogP contribution in [-0.2, 0) is 6.54 Å². The first-order valence-electron chi connectivity index (χ1n) is 5.99. The number of rotatable bonds is 4. The molecule has 1 aromatic rings. The molecule has 2 rings (SSSR count). The van der Waals surface area contributed by atoms with Gasteiger partial charge in [0.2, 0.25) is 0 Å². The Labute approximate surface area is 102 Å². The van der Waals surface area contributed by atoms with E-state index in [1.54, 1.807) is 0 Å². The lowest BCUT2D eigenvalue weighted by Crippen LogP contribution is -2.24. The van der Waals surface area contributed by atoms with Gasteiger partial charge in [0.1, 0.15) is 0 Å². The minimum atomic E-state index is 0.833. The van der Waals surface area contributed by atoms with E-state index in [9.17, 15) is 0 Å². The molecule has 0 amide bonds. The van der Waals surface area contributed by atoms with Gasteiger partial charge in [-0.05, 0) is 46.3 Å². The second-order valence-electron chi connectivity index (χ2n) is 4.69. The summed E-state index contributed by atoms with van der Waals surface area (Å²) in [4.78, 5) is 8.49. The predicted octanol–water partition coefficient (Wildman–Crippen LogP) is 1.80. The number of hydrogen-bond donors (Lipinski definition) is 1. The van der Waals surface area contributed by atoms with E-state index in [-0.39, 0.29) is 0 Å². The van der Waals surface area contributed by atoms with Crippen LogP contribution in [0.2, 0.25) is 0 Å². The normalized spacial score (nSPS) is 21.8. The van der Waals surface area contributed by atoms with E-state index < -0.39 is 0 Å². The van der Waals surface area contributed by atoms with E-state index in [1.807, 2.05) is 18.4 Å². The highest BCUT2D eigenvalue weighted by Crippen LogP contribution is 2.23. The Morgan fingerprint density at radius 2 is 2.31 bits per heavy atom. The number of hydrogen-bond acceptors (Lipinski definition) is 4. The lowest BCUT2D eigenvalue weighted by molar-refractivity contribution is 0.317. The molecule has 0 spiro atoms. The summed E-state index contributed by atoms with van der Waals surface area (Å²) in [5.41, 5.74) is 1.22. The quantitative estimate of drug-likeness (QED) is 0.868. The monoisotopic (exact) mass is 239 g/mol. The molecule has 1 aliphatic heterocycles. The first kappa shape index (κ1) is 12.0. The van der Waals surface area contributed by atoms with Crippen molar-refractivity contribution in [3.8, 4) is 0 Å². The molecular weight excluding hydrogens is 218 g/mol. The highest BCUT2D eigenvalue weighted by Gasteiger charge is 2.22. The molecule has 3 nitrogen and oxygen atoms in total. The zero-order valence-corrected chi connectivity index (χ0v) is 11.2. The van der Waals surface area contributed by atoms with E-state index in [0.717, 1.165) is 19.0 Å². The molecule has 1 fully saturated rings. The zero-order valence-electron chi connectivity index (χ0n) is 10.4. The van der Waals surface area contributed by atoms with Crippen LogP contribution in [0.4, 0.5) is 0 Å². The molecule has 1 saturated heterocycles. The Balaban J connectivity index is 1.89. The van der Waals surface area contributed by atoms with Crippen LogP contribution in [0.1, 0.15) is 22.0 Å². The number of thiazole rings is 1. The minimum absolute atomic E-state index is 0.833. The van der Waals surface area contributed by atoms with E-state index in [0.29, 0.717) is 0 Å². The van der Waals surface area contributed by atoms with Crippen LogP contribution in [0, 0.1) is 19.8 Å². The summed E-state index contributed by atoms with van der Waals surface area (Å²) in [6, 6.07) is 0. The molecule has 1 N–H and O–H groups in total. The van der Waals surface area contributed by atoms with Gasteiger partial charge in [0.25, 0.3) is 0 Å². The van der Waals surface area contributed by atoms with Crippen LogP contribution < -0.4 is 5.32 Å². The first-order chi connectivity index (χ1) is 7.69. The lowest BCUT2D eigenvalue weighted by atomic mass is 10.1. The largest absolute Gasteiger partial charge is 0.319 e. The number of nitrogens with zero attached hydrogens (tertiary/aromatic N) is 2. The molecule has 0 saturated carbocycles. The van der Waals surface area contributed by atoms with Crippen LogP contribution in [0.25, 0.3) is 0 Å². The van der Waals surface area contributed by atoms with Gasteiger partial charge in [0.15, 0.2) is 0 Å². The lowest BCUT2D eigenvalue weighted by Gasteiger charge is -2.15. The van der Waals surface area contributed by atoms with Crippen molar-refractivity contribution < 1.29 is 0 Å². The van der Waals surface area contributed by atoms with Gasteiger partial charge in [0.05, 0.1) is 10.7 Å². The van der Waals surface area contributed by atoms with Gasteiger partial charge in [0, 0.05) is 18.0 Å². The predicted molar refractivity (Wildman–Crippen MR) is 68.9 cm³/mol. The summed E-state index contributed by atoms with van der Waals surface area (Å²) in [6.07, 6.45) is 1.33. The first-order valence-corrected chi connectivity index (χ1v) is 6.80. The average molecular weight is 239 g/mol. The Bertz CT molecular complexity index is 348. The summed E-state index contributed by atoms with van der Waals surface area (Å²) in [6.45, 7) is 8.93. The van der Waals surface area contributed by atoms with E-state index in [4.69, 9.17) is 0 Å². The topological polar surface area (TPSA) is 28.2 Å². The standard InChI is InChI=1S/C12H21N3S/c1-9-12(16-10(2)14-9)8-15-5-4-11(7-15)6-13-3/h11,13H,4-8H2,1-3H3. The van der Waals surface area contributed by atoms with Crippen molar-refractivity contribution in [2.75, 3.05) is 26.7 Å². The van der Waals surface area contributed by atoms with E-state index in [1.165, 1.54) is 35.1 Å². The third-order valence-corrected chi connectivity index (χ3v) is 4.29.